The number of carbonyl (C=O) groups excluding carboxylic acids is 1. The number of methoxy groups -OCH3 is 1. The first-order valence-corrected chi connectivity index (χ1v) is 4.17. The molecular formula is C8H15NO2. The number of alkyl carbamates (subject to hydrolysis) is 1. The van der Waals surface area contributed by atoms with Gasteiger partial charge in [0.15, 0.2) is 0 Å². The van der Waals surface area contributed by atoms with Crippen molar-refractivity contribution in [1.82, 2.24) is 5.32 Å². The van der Waals surface area contributed by atoms with Gasteiger partial charge in [-0.15, -0.1) is 0 Å². The number of amides is 1. The number of hydrogen-bond acceptors (Lipinski definition) is 2. The van der Waals surface area contributed by atoms with Crippen LogP contribution in [-0.2, 0) is 4.74 Å². The van der Waals surface area contributed by atoms with Crippen LogP contribution < -0.4 is 5.32 Å². The molecule has 0 aromatic heterocycles. The molecule has 1 aliphatic carbocycles. The minimum absolute atomic E-state index is 0.295. The molecule has 1 saturated carbocycles. The zero-order chi connectivity index (χ0) is 8.10. The lowest BCUT2D eigenvalue weighted by Gasteiger charge is -2.21. The maximum absolute atomic E-state index is 10.7. The molecule has 3 nitrogen and oxygen atoms in total. The molecule has 1 aliphatic rings. The van der Waals surface area contributed by atoms with Crippen molar-refractivity contribution >= 4 is 6.09 Å². The zero-order valence-corrected chi connectivity index (χ0v) is 6.93. The first-order valence-electron chi connectivity index (χ1n) is 4.17. The Kier molecular flexibility index (Phi) is 3.20. The van der Waals surface area contributed by atoms with Gasteiger partial charge in [-0.3, -0.25) is 0 Å². The summed E-state index contributed by atoms with van der Waals surface area (Å²) < 4.78 is 4.50. The van der Waals surface area contributed by atoms with Crippen LogP contribution in [0.15, 0.2) is 0 Å². The smallest absolute Gasteiger partial charge is 0.407 e. The van der Waals surface area contributed by atoms with E-state index in [2.05, 4.69) is 10.1 Å². The molecule has 0 heterocycles. The van der Waals surface area contributed by atoms with Gasteiger partial charge < -0.3 is 10.1 Å². The maximum Gasteiger partial charge on any atom is 0.407 e. The van der Waals surface area contributed by atoms with Crippen LogP contribution in [0.25, 0.3) is 0 Å². The molecular weight excluding hydrogens is 142 g/mol. The van der Waals surface area contributed by atoms with Crippen molar-refractivity contribution in [3.63, 3.8) is 0 Å². The van der Waals surface area contributed by atoms with Crippen molar-refractivity contribution in [3.05, 3.63) is 0 Å². The fourth-order valence-corrected chi connectivity index (χ4v) is 1.47. The Bertz CT molecular complexity index is 130. The van der Waals surface area contributed by atoms with Gasteiger partial charge in [0, 0.05) is 6.04 Å². The normalized spacial score (nSPS) is 19.4. The molecule has 1 rings (SSSR count). The summed E-state index contributed by atoms with van der Waals surface area (Å²) in [6.07, 6.45) is 5.68. The van der Waals surface area contributed by atoms with E-state index >= 15 is 0 Å². The van der Waals surface area contributed by atoms with Gasteiger partial charge in [0.1, 0.15) is 0 Å². The summed E-state index contributed by atoms with van der Waals surface area (Å²) >= 11 is 0. The fraction of sp³-hybridized carbons (Fsp3) is 0.875. The highest BCUT2D eigenvalue weighted by molar-refractivity contribution is 5.67. The van der Waals surface area contributed by atoms with Crippen molar-refractivity contribution in [2.24, 2.45) is 0 Å². The number of rotatable bonds is 1. The minimum Gasteiger partial charge on any atom is -0.453 e. The van der Waals surface area contributed by atoms with Crippen LogP contribution in [0.4, 0.5) is 4.79 Å². The molecule has 64 valence electrons. The van der Waals surface area contributed by atoms with E-state index in [1.807, 2.05) is 0 Å². The van der Waals surface area contributed by atoms with Crippen LogP contribution in [0.5, 0.6) is 0 Å². The van der Waals surface area contributed by atoms with E-state index in [0.717, 1.165) is 12.8 Å². The average molecular weight is 157 g/mol. The van der Waals surface area contributed by atoms with Crippen molar-refractivity contribution in [3.8, 4) is 0 Å². The summed E-state index contributed by atoms with van der Waals surface area (Å²) in [7, 11) is 1.40. The molecule has 11 heavy (non-hydrogen) atoms. The zero-order valence-electron chi connectivity index (χ0n) is 6.93. The van der Waals surface area contributed by atoms with Gasteiger partial charge >= 0.3 is 6.09 Å². The molecule has 1 N–H and O–H groups in total. The lowest BCUT2D eigenvalue weighted by atomic mass is 9.96. The standard InChI is InChI=1S/C8H15NO2/c1-11-8(10)9-7-5-3-2-4-6-7/h7H,2-6H2,1H3,(H,9,10). The summed E-state index contributed by atoms with van der Waals surface area (Å²) in [6, 6.07) is 0.358. The number of carbonyl (C=O) groups is 1. The monoisotopic (exact) mass is 157 g/mol. The number of nitrogens with one attached hydrogen (secondary N) is 1. The summed E-state index contributed by atoms with van der Waals surface area (Å²) in [5.41, 5.74) is 0. The van der Waals surface area contributed by atoms with Gasteiger partial charge in [0.05, 0.1) is 7.11 Å². The first-order chi connectivity index (χ1) is 5.33. The number of hydrogen-bond donors (Lipinski definition) is 1. The highest BCUT2D eigenvalue weighted by Crippen LogP contribution is 2.17. The SMILES string of the molecule is COC(=O)NC1CCCCC1. The van der Waals surface area contributed by atoms with Crippen molar-refractivity contribution in [2.45, 2.75) is 38.1 Å². The van der Waals surface area contributed by atoms with Crippen LogP contribution >= 0.6 is 0 Å². The van der Waals surface area contributed by atoms with Crippen LogP contribution in [0.1, 0.15) is 32.1 Å². The first kappa shape index (κ1) is 8.37. The summed E-state index contributed by atoms with van der Waals surface area (Å²) in [4.78, 5) is 10.7. The van der Waals surface area contributed by atoms with Crippen LogP contribution in [0.2, 0.25) is 0 Å². The fourth-order valence-electron chi connectivity index (χ4n) is 1.47. The van der Waals surface area contributed by atoms with Gasteiger partial charge in [-0.2, -0.15) is 0 Å². The molecule has 0 bridgehead atoms. The molecule has 1 amide bonds. The Labute approximate surface area is 67.1 Å². The van der Waals surface area contributed by atoms with E-state index in [-0.39, 0.29) is 6.09 Å². The molecule has 0 aliphatic heterocycles. The second-order valence-corrected chi connectivity index (χ2v) is 2.97. The van der Waals surface area contributed by atoms with Gasteiger partial charge in [-0.05, 0) is 12.8 Å². The summed E-state index contributed by atoms with van der Waals surface area (Å²) in [5, 5.41) is 2.81. The predicted octanol–water partition coefficient (Wildman–Crippen LogP) is 1.68. The third-order valence-electron chi connectivity index (χ3n) is 2.11. The quantitative estimate of drug-likeness (QED) is 0.628. The van der Waals surface area contributed by atoms with Crippen molar-refractivity contribution < 1.29 is 9.53 Å². The minimum atomic E-state index is -0.295. The van der Waals surface area contributed by atoms with Gasteiger partial charge in [0.25, 0.3) is 0 Å². The third-order valence-corrected chi connectivity index (χ3v) is 2.11. The topological polar surface area (TPSA) is 38.3 Å². The maximum atomic E-state index is 10.7. The van der Waals surface area contributed by atoms with E-state index in [1.54, 1.807) is 0 Å². The van der Waals surface area contributed by atoms with Gasteiger partial charge in [-0.25, -0.2) is 4.79 Å². The molecule has 0 aromatic carbocycles. The Balaban J connectivity index is 2.19. The van der Waals surface area contributed by atoms with E-state index in [0.29, 0.717) is 6.04 Å². The summed E-state index contributed by atoms with van der Waals surface area (Å²) in [6.45, 7) is 0. The van der Waals surface area contributed by atoms with Crippen LogP contribution in [0, 0.1) is 0 Å². The van der Waals surface area contributed by atoms with Gasteiger partial charge in [0.2, 0.25) is 0 Å². The van der Waals surface area contributed by atoms with E-state index < -0.39 is 0 Å². The second-order valence-electron chi connectivity index (χ2n) is 2.97. The highest BCUT2D eigenvalue weighted by Gasteiger charge is 2.14. The molecule has 0 radical (unpaired) electrons. The summed E-state index contributed by atoms with van der Waals surface area (Å²) in [5.74, 6) is 0. The lowest BCUT2D eigenvalue weighted by Crippen LogP contribution is -2.35. The van der Waals surface area contributed by atoms with Crippen molar-refractivity contribution in [1.29, 1.82) is 0 Å². The van der Waals surface area contributed by atoms with E-state index in [1.165, 1.54) is 26.4 Å². The van der Waals surface area contributed by atoms with E-state index in [9.17, 15) is 4.79 Å². The Morgan fingerprint density at radius 1 is 1.36 bits per heavy atom. The highest BCUT2D eigenvalue weighted by atomic mass is 16.5. The molecule has 0 spiro atoms. The predicted molar refractivity (Wildman–Crippen MR) is 42.4 cm³/mol. The molecule has 0 saturated heterocycles. The lowest BCUT2D eigenvalue weighted by molar-refractivity contribution is 0.163. The molecule has 0 unspecified atom stereocenters. The Hall–Kier alpha value is -0.730. The number of ether oxygens (including phenoxy) is 1. The van der Waals surface area contributed by atoms with E-state index in [4.69, 9.17) is 0 Å². The van der Waals surface area contributed by atoms with Crippen LogP contribution in [0.3, 0.4) is 0 Å². The second kappa shape index (κ2) is 4.21. The van der Waals surface area contributed by atoms with Gasteiger partial charge in [-0.1, -0.05) is 19.3 Å². The molecule has 0 atom stereocenters. The average Bonchev–Trinajstić information content (AvgIpc) is 2.06. The largest absolute Gasteiger partial charge is 0.453 e. The van der Waals surface area contributed by atoms with Crippen LogP contribution in [-0.4, -0.2) is 19.2 Å². The third kappa shape index (κ3) is 2.78. The van der Waals surface area contributed by atoms with Crippen molar-refractivity contribution in [2.75, 3.05) is 7.11 Å². The Morgan fingerprint density at radius 3 is 2.55 bits per heavy atom. The molecule has 0 aromatic rings. The molecule has 1 fully saturated rings. The Morgan fingerprint density at radius 2 is 2.00 bits per heavy atom. The molecule has 3 heteroatoms.